The highest BCUT2D eigenvalue weighted by molar-refractivity contribution is 5.74. The van der Waals surface area contributed by atoms with E-state index in [1.165, 1.54) is 6.07 Å². The van der Waals surface area contributed by atoms with Crippen LogP contribution in [-0.2, 0) is 4.79 Å². The van der Waals surface area contributed by atoms with E-state index in [2.05, 4.69) is 4.74 Å². The molecule has 2 unspecified atom stereocenters. The highest BCUT2D eigenvalue weighted by Gasteiger charge is 2.44. The lowest BCUT2D eigenvalue weighted by atomic mass is 10.0. The number of carbonyl (C=O) groups excluding carboxylic acids is 1. The van der Waals surface area contributed by atoms with Crippen molar-refractivity contribution in [2.75, 3.05) is 0 Å². The Balaban J connectivity index is 2.88. The third-order valence-electron chi connectivity index (χ3n) is 2.48. The minimum absolute atomic E-state index is 0.0914. The molecule has 0 radical (unpaired) electrons. The average Bonchev–Trinajstić information content (AvgIpc) is 2.36. The molecule has 0 aliphatic rings. The third-order valence-corrected chi connectivity index (χ3v) is 2.48. The lowest BCUT2D eigenvalue weighted by Crippen LogP contribution is -2.33. The molecule has 1 aromatic carbocycles. The minimum Gasteiger partial charge on any atom is -0.428 e. The van der Waals surface area contributed by atoms with Crippen molar-refractivity contribution in [3.8, 4) is 5.75 Å². The second kappa shape index (κ2) is 6.72. The van der Waals surface area contributed by atoms with Gasteiger partial charge in [0.2, 0.25) is 5.91 Å². The van der Waals surface area contributed by atoms with Gasteiger partial charge in [-0.15, -0.1) is 0 Å². The Labute approximate surface area is 116 Å². The summed E-state index contributed by atoms with van der Waals surface area (Å²) in [6.45, 7) is 0. The Kier molecular flexibility index (Phi) is 5.50. The number of alkyl halides is 4. The molecule has 21 heavy (non-hydrogen) atoms. The SMILES string of the molecule is NC(=O)CC(O)C(O)c1cccc(OC(F)(F)C(F)F)c1. The summed E-state index contributed by atoms with van der Waals surface area (Å²) in [5.41, 5.74) is 4.75. The summed E-state index contributed by atoms with van der Waals surface area (Å²) in [6.07, 6.45) is -12.4. The van der Waals surface area contributed by atoms with Crippen LogP contribution >= 0.6 is 0 Å². The molecule has 1 amide bonds. The van der Waals surface area contributed by atoms with E-state index in [-0.39, 0.29) is 5.56 Å². The summed E-state index contributed by atoms with van der Waals surface area (Å²) in [6, 6.07) is 4.23. The third kappa shape index (κ3) is 4.87. The molecule has 0 aliphatic carbocycles. The standard InChI is InChI=1S/C12H13F4NO4/c13-11(14)12(15,16)21-7-3-1-2-6(4-7)10(20)8(18)5-9(17)19/h1-4,8,10-11,18,20H,5H2,(H2,17,19). The molecule has 0 aliphatic heterocycles. The first kappa shape index (κ1) is 17.2. The predicted octanol–water partition coefficient (Wildman–Crippen LogP) is 1.19. The number of aliphatic hydroxyl groups excluding tert-OH is 2. The number of benzene rings is 1. The minimum atomic E-state index is -4.69. The van der Waals surface area contributed by atoms with Crippen LogP contribution in [0.5, 0.6) is 5.75 Å². The quantitative estimate of drug-likeness (QED) is 0.660. The lowest BCUT2D eigenvalue weighted by Gasteiger charge is -2.20. The van der Waals surface area contributed by atoms with E-state index in [0.29, 0.717) is 0 Å². The van der Waals surface area contributed by atoms with E-state index in [4.69, 9.17) is 5.73 Å². The van der Waals surface area contributed by atoms with Crippen LogP contribution in [0.25, 0.3) is 0 Å². The number of halogens is 4. The fraction of sp³-hybridized carbons (Fsp3) is 0.417. The molecule has 0 aromatic heterocycles. The first-order valence-electron chi connectivity index (χ1n) is 5.73. The van der Waals surface area contributed by atoms with Gasteiger partial charge in [0.25, 0.3) is 0 Å². The van der Waals surface area contributed by atoms with Crippen LogP contribution in [-0.4, -0.2) is 34.8 Å². The van der Waals surface area contributed by atoms with Crippen LogP contribution in [0.4, 0.5) is 17.6 Å². The van der Waals surface area contributed by atoms with E-state index in [1.807, 2.05) is 0 Å². The molecule has 0 heterocycles. The number of carbonyl (C=O) groups is 1. The number of primary amides is 1. The smallest absolute Gasteiger partial charge is 0.428 e. The van der Waals surface area contributed by atoms with Gasteiger partial charge in [-0.3, -0.25) is 4.79 Å². The predicted molar refractivity (Wildman–Crippen MR) is 62.8 cm³/mol. The number of aliphatic hydroxyl groups is 2. The molecule has 118 valence electrons. The van der Waals surface area contributed by atoms with Crippen LogP contribution in [0.15, 0.2) is 24.3 Å². The summed E-state index contributed by atoms with van der Waals surface area (Å²) in [7, 11) is 0. The zero-order valence-corrected chi connectivity index (χ0v) is 10.5. The topological polar surface area (TPSA) is 92.8 Å². The molecule has 0 saturated carbocycles. The van der Waals surface area contributed by atoms with Crippen LogP contribution in [0, 0.1) is 0 Å². The number of hydrogen-bond donors (Lipinski definition) is 3. The molecule has 0 spiro atoms. The Morgan fingerprint density at radius 3 is 2.48 bits per heavy atom. The summed E-state index contributed by atoms with van der Waals surface area (Å²) >= 11 is 0. The summed E-state index contributed by atoms with van der Waals surface area (Å²) in [5, 5.41) is 19.2. The number of ether oxygens (including phenoxy) is 1. The lowest BCUT2D eigenvalue weighted by molar-refractivity contribution is -0.253. The van der Waals surface area contributed by atoms with Gasteiger partial charge in [-0.05, 0) is 17.7 Å². The van der Waals surface area contributed by atoms with E-state index in [9.17, 15) is 32.6 Å². The van der Waals surface area contributed by atoms with Crippen molar-refractivity contribution >= 4 is 5.91 Å². The number of nitrogens with two attached hydrogens (primary N) is 1. The van der Waals surface area contributed by atoms with Gasteiger partial charge >= 0.3 is 12.5 Å². The molecule has 4 N–H and O–H groups in total. The molecule has 5 nitrogen and oxygen atoms in total. The van der Waals surface area contributed by atoms with Crippen molar-refractivity contribution in [3.05, 3.63) is 29.8 Å². The zero-order valence-electron chi connectivity index (χ0n) is 10.5. The van der Waals surface area contributed by atoms with Crippen molar-refractivity contribution in [3.63, 3.8) is 0 Å². The zero-order chi connectivity index (χ0) is 16.2. The second-order valence-electron chi connectivity index (χ2n) is 4.22. The van der Waals surface area contributed by atoms with Gasteiger partial charge in [-0.2, -0.15) is 17.6 Å². The van der Waals surface area contributed by atoms with E-state index in [1.54, 1.807) is 0 Å². The van der Waals surface area contributed by atoms with Gasteiger partial charge in [0.1, 0.15) is 11.9 Å². The summed E-state index contributed by atoms with van der Waals surface area (Å²) in [5.74, 6) is -1.50. The highest BCUT2D eigenvalue weighted by Crippen LogP contribution is 2.29. The largest absolute Gasteiger partial charge is 0.461 e. The normalized spacial score (nSPS) is 14.8. The molecule has 0 saturated heterocycles. The fourth-order valence-corrected chi connectivity index (χ4v) is 1.50. The Morgan fingerprint density at radius 2 is 1.95 bits per heavy atom. The molecule has 1 aromatic rings. The number of amides is 1. The average molecular weight is 311 g/mol. The van der Waals surface area contributed by atoms with Gasteiger partial charge in [0, 0.05) is 0 Å². The van der Waals surface area contributed by atoms with Crippen molar-refractivity contribution in [1.29, 1.82) is 0 Å². The number of hydrogen-bond acceptors (Lipinski definition) is 4. The molecule has 0 fully saturated rings. The van der Waals surface area contributed by atoms with E-state index >= 15 is 0 Å². The summed E-state index contributed by atoms with van der Waals surface area (Å²) in [4.78, 5) is 10.6. The second-order valence-corrected chi connectivity index (χ2v) is 4.22. The van der Waals surface area contributed by atoms with Crippen molar-refractivity contribution in [2.45, 2.75) is 31.2 Å². The van der Waals surface area contributed by atoms with Crippen LogP contribution in [0.1, 0.15) is 18.1 Å². The summed E-state index contributed by atoms with van der Waals surface area (Å²) < 4.78 is 53.4. The highest BCUT2D eigenvalue weighted by atomic mass is 19.3. The maximum Gasteiger partial charge on any atom is 0.461 e. The van der Waals surface area contributed by atoms with Gasteiger partial charge < -0.3 is 20.7 Å². The first-order valence-corrected chi connectivity index (χ1v) is 5.73. The monoisotopic (exact) mass is 311 g/mol. The van der Waals surface area contributed by atoms with Gasteiger partial charge in [-0.25, -0.2) is 0 Å². The van der Waals surface area contributed by atoms with Crippen LogP contribution in [0.2, 0.25) is 0 Å². The van der Waals surface area contributed by atoms with Crippen molar-refractivity contribution in [2.24, 2.45) is 5.73 Å². The van der Waals surface area contributed by atoms with Gasteiger partial charge in [0.15, 0.2) is 0 Å². The maximum atomic E-state index is 12.8. The van der Waals surface area contributed by atoms with Crippen LogP contribution in [0.3, 0.4) is 0 Å². The molecular weight excluding hydrogens is 298 g/mol. The van der Waals surface area contributed by atoms with E-state index in [0.717, 1.165) is 18.2 Å². The fourth-order valence-electron chi connectivity index (χ4n) is 1.50. The molecular formula is C12H13F4NO4. The Hall–Kier alpha value is -1.87. The molecule has 2 atom stereocenters. The number of rotatable bonds is 7. The van der Waals surface area contributed by atoms with Gasteiger partial charge in [-0.1, -0.05) is 12.1 Å². The van der Waals surface area contributed by atoms with Crippen LogP contribution < -0.4 is 10.5 Å². The van der Waals surface area contributed by atoms with Crippen molar-refractivity contribution < 1.29 is 37.3 Å². The Morgan fingerprint density at radius 1 is 1.33 bits per heavy atom. The molecule has 9 heteroatoms. The first-order chi connectivity index (χ1) is 9.63. The van der Waals surface area contributed by atoms with E-state index < -0.39 is 42.8 Å². The Bertz CT molecular complexity index is 498. The maximum absolute atomic E-state index is 12.8. The molecule has 0 bridgehead atoms. The van der Waals surface area contributed by atoms with Crippen molar-refractivity contribution in [1.82, 2.24) is 0 Å². The van der Waals surface area contributed by atoms with Gasteiger partial charge in [0.05, 0.1) is 12.5 Å². The molecule has 1 rings (SSSR count).